The van der Waals surface area contributed by atoms with Crippen molar-refractivity contribution in [2.75, 3.05) is 14.2 Å². The molecule has 8 nitrogen and oxygen atoms in total. The van der Waals surface area contributed by atoms with Crippen LogP contribution in [0.5, 0.6) is 11.5 Å². The molecule has 0 spiro atoms. The number of nitrogens with one attached hydrogen (secondary N) is 2. The number of fused-ring (bicyclic) bond motifs is 1. The van der Waals surface area contributed by atoms with Gasteiger partial charge in [-0.25, -0.2) is 9.78 Å². The van der Waals surface area contributed by atoms with E-state index in [0.29, 0.717) is 28.5 Å². The van der Waals surface area contributed by atoms with Crippen molar-refractivity contribution in [1.29, 1.82) is 0 Å². The maximum Gasteiger partial charge on any atom is 0.331 e. The molecule has 2 N–H and O–H groups in total. The first-order valence-electron chi connectivity index (χ1n) is 10.4. The van der Waals surface area contributed by atoms with Crippen molar-refractivity contribution in [2.24, 2.45) is 0 Å². The van der Waals surface area contributed by atoms with Crippen molar-refractivity contribution >= 4 is 35.0 Å². The molecule has 0 atom stereocenters. The summed E-state index contributed by atoms with van der Waals surface area (Å²) >= 11 is 1.06. The van der Waals surface area contributed by atoms with Crippen molar-refractivity contribution in [1.82, 2.24) is 15.0 Å². The minimum atomic E-state index is -0.652. The van der Waals surface area contributed by atoms with Crippen molar-refractivity contribution in [2.45, 2.75) is 18.7 Å². The number of ether oxygens (including phenoxy) is 2. The lowest BCUT2D eigenvalue weighted by molar-refractivity contribution is 0.0965. The summed E-state index contributed by atoms with van der Waals surface area (Å²) in [6.07, 6.45) is 0. The molecule has 4 rings (SSSR count). The summed E-state index contributed by atoms with van der Waals surface area (Å²) in [4.78, 5) is 30.0. The number of carbonyl (C=O) groups is 2. The zero-order chi connectivity index (χ0) is 24.2. The van der Waals surface area contributed by atoms with Crippen LogP contribution in [0.4, 0.5) is 4.79 Å². The first-order chi connectivity index (χ1) is 16.4. The Morgan fingerprint density at radius 3 is 2.47 bits per heavy atom. The lowest BCUT2D eigenvalue weighted by Crippen LogP contribution is -2.36. The Morgan fingerprint density at radius 1 is 0.941 bits per heavy atom. The first-order valence-corrected chi connectivity index (χ1v) is 11.2. The fourth-order valence-electron chi connectivity index (χ4n) is 3.42. The molecular formula is C25H23N3O5S. The highest BCUT2D eigenvalue weighted by atomic mass is 32.2. The van der Waals surface area contributed by atoms with E-state index in [2.05, 4.69) is 21.1 Å². The van der Waals surface area contributed by atoms with Crippen LogP contribution >= 0.6 is 11.9 Å². The minimum Gasteiger partial charge on any atom is -0.493 e. The molecule has 0 unspecified atom stereocenters. The number of carbonyl (C=O) groups excluding carboxylic acids is 2. The third-order valence-corrected chi connectivity index (χ3v) is 5.88. The number of methoxy groups -OCH3 is 2. The number of hydrogen-bond donors (Lipinski definition) is 2. The Bertz CT molecular complexity index is 1380. The summed E-state index contributed by atoms with van der Waals surface area (Å²) in [5.74, 6) is 0.860. The van der Waals surface area contributed by atoms with Crippen LogP contribution in [0, 0.1) is 13.8 Å². The second-order valence-electron chi connectivity index (χ2n) is 7.52. The molecule has 0 radical (unpaired) electrons. The van der Waals surface area contributed by atoms with Gasteiger partial charge in [0.2, 0.25) is 5.89 Å². The number of aryl methyl sites for hydroxylation is 2. The highest BCUT2D eigenvalue weighted by molar-refractivity contribution is 7.98. The fourth-order valence-corrected chi connectivity index (χ4v) is 3.99. The summed E-state index contributed by atoms with van der Waals surface area (Å²) in [6.45, 7) is 4.06. The van der Waals surface area contributed by atoms with Gasteiger partial charge in [-0.15, -0.1) is 0 Å². The van der Waals surface area contributed by atoms with Crippen molar-refractivity contribution in [3.63, 3.8) is 0 Å². The Kier molecular flexibility index (Phi) is 6.74. The average Bonchev–Trinajstić information content (AvgIpc) is 3.25. The van der Waals surface area contributed by atoms with Gasteiger partial charge in [0, 0.05) is 16.0 Å². The number of benzene rings is 3. The summed E-state index contributed by atoms with van der Waals surface area (Å²) in [5.41, 5.74) is 4.77. The molecule has 0 saturated heterocycles. The number of nitrogens with zero attached hydrogens (tertiary/aromatic N) is 1. The number of amides is 3. The fraction of sp³-hybridized carbons (Fsp3) is 0.160. The van der Waals surface area contributed by atoms with Crippen LogP contribution in [0.3, 0.4) is 0 Å². The normalized spacial score (nSPS) is 10.7. The molecule has 0 fully saturated rings. The number of oxazole rings is 1. The van der Waals surface area contributed by atoms with Crippen LogP contribution in [0.2, 0.25) is 0 Å². The average molecular weight is 478 g/mol. The van der Waals surface area contributed by atoms with Crippen LogP contribution in [0.25, 0.3) is 22.6 Å². The Morgan fingerprint density at radius 2 is 1.74 bits per heavy atom. The monoisotopic (exact) mass is 477 g/mol. The van der Waals surface area contributed by atoms with E-state index in [9.17, 15) is 9.59 Å². The second-order valence-corrected chi connectivity index (χ2v) is 8.40. The zero-order valence-corrected chi connectivity index (χ0v) is 19.9. The predicted octanol–water partition coefficient (Wildman–Crippen LogP) is 5.28. The number of hydrogen-bond acceptors (Lipinski definition) is 7. The molecule has 3 amide bonds. The first kappa shape index (κ1) is 23.2. The molecule has 0 saturated carbocycles. The molecule has 1 heterocycles. The Labute approximate surface area is 200 Å². The van der Waals surface area contributed by atoms with Gasteiger partial charge >= 0.3 is 6.03 Å². The SMILES string of the molecule is COc1ccc(C(=O)NC(=O)NSc2ccc3oc(-c4ccc(C)cc4C)nc3c2)cc1OC. The van der Waals surface area contributed by atoms with E-state index in [1.165, 1.54) is 25.8 Å². The summed E-state index contributed by atoms with van der Waals surface area (Å²) < 4.78 is 18.9. The van der Waals surface area contributed by atoms with E-state index in [-0.39, 0.29) is 5.56 Å². The molecule has 0 bridgehead atoms. The Balaban J connectivity index is 1.41. The summed E-state index contributed by atoms with van der Waals surface area (Å²) in [7, 11) is 2.97. The smallest absolute Gasteiger partial charge is 0.331 e. The maximum absolute atomic E-state index is 12.4. The van der Waals surface area contributed by atoms with E-state index in [1.807, 2.05) is 32.0 Å². The summed E-state index contributed by atoms with van der Waals surface area (Å²) in [5, 5.41) is 2.29. The van der Waals surface area contributed by atoms with Crippen LogP contribution in [0.15, 0.2) is 63.9 Å². The van der Waals surface area contributed by atoms with Gasteiger partial charge in [0.15, 0.2) is 17.1 Å². The van der Waals surface area contributed by atoms with Gasteiger partial charge < -0.3 is 13.9 Å². The maximum atomic E-state index is 12.4. The molecule has 174 valence electrons. The number of imide groups is 1. The van der Waals surface area contributed by atoms with E-state index >= 15 is 0 Å². The Hall–Kier alpha value is -3.98. The highest BCUT2D eigenvalue weighted by Crippen LogP contribution is 2.30. The van der Waals surface area contributed by atoms with Crippen LogP contribution in [-0.2, 0) is 0 Å². The largest absolute Gasteiger partial charge is 0.493 e. The molecule has 1 aromatic heterocycles. The van der Waals surface area contributed by atoms with Gasteiger partial charge in [0.1, 0.15) is 5.52 Å². The molecule has 4 aromatic rings. The zero-order valence-electron chi connectivity index (χ0n) is 19.1. The number of urea groups is 1. The lowest BCUT2D eigenvalue weighted by Gasteiger charge is -2.10. The summed E-state index contributed by atoms with van der Waals surface area (Å²) in [6, 6.07) is 15.5. The highest BCUT2D eigenvalue weighted by Gasteiger charge is 2.15. The third kappa shape index (κ3) is 4.99. The van der Waals surface area contributed by atoms with Gasteiger partial charge in [-0.3, -0.25) is 14.8 Å². The molecule has 0 aliphatic carbocycles. The van der Waals surface area contributed by atoms with Gasteiger partial charge in [-0.05, 0) is 73.8 Å². The van der Waals surface area contributed by atoms with Crippen molar-refractivity contribution in [3.05, 3.63) is 71.3 Å². The third-order valence-electron chi connectivity index (χ3n) is 5.11. The molecule has 3 aromatic carbocycles. The van der Waals surface area contributed by atoms with E-state index in [1.54, 1.807) is 24.3 Å². The lowest BCUT2D eigenvalue weighted by atomic mass is 10.1. The van der Waals surface area contributed by atoms with Crippen LogP contribution in [0.1, 0.15) is 21.5 Å². The van der Waals surface area contributed by atoms with E-state index < -0.39 is 11.9 Å². The molecule has 9 heteroatoms. The standard InChI is InChI=1S/C25H23N3O5S/c1-14-5-8-18(15(2)11-14)24-26-19-13-17(7-10-20(19)33-24)34-28-25(30)27-23(29)16-6-9-21(31-3)22(12-16)32-4/h5-13H,1-4H3,(H2,27,28,29,30). The van der Waals surface area contributed by atoms with Gasteiger partial charge in [0.05, 0.1) is 14.2 Å². The minimum absolute atomic E-state index is 0.265. The number of aromatic nitrogens is 1. The van der Waals surface area contributed by atoms with E-state index in [4.69, 9.17) is 13.9 Å². The quantitative estimate of drug-likeness (QED) is 0.364. The van der Waals surface area contributed by atoms with Gasteiger partial charge in [-0.1, -0.05) is 17.7 Å². The van der Waals surface area contributed by atoms with Gasteiger partial charge in [-0.2, -0.15) is 0 Å². The number of rotatable bonds is 6. The predicted molar refractivity (Wildman–Crippen MR) is 130 cm³/mol. The topological polar surface area (TPSA) is 103 Å². The van der Waals surface area contributed by atoms with Crippen molar-refractivity contribution < 1.29 is 23.5 Å². The second kappa shape index (κ2) is 9.88. The molecule has 34 heavy (non-hydrogen) atoms. The van der Waals surface area contributed by atoms with Crippen LogP contribution < -0.4 is 19.5 Å². The molecular weight excluding hydrogens is 454 g/mol. The van der Waals surface area contributed by atoms with Crippen molar-refractivity contribution in [3.8, 4) is 23.0 Å². The van der Waals surface area contributed by atoms with Crippen LogP contribution in [-0.4, -0.2) is 31.1 Å². The molecule has 0 aliphatic rings. The van der Waals surface area contributed by atoms with E-state index in [0.717, 1.165) is 28.0 Å². The van der Waals surface area contributed by atoms with Gasteiger partial charge in [0.25, 0.3) is 5.91 Å². The molecule has 0 aliphatic heterocycles.